The van der Waals surface area contributed by atoms with Crippen molar-refractivity contribution in [1.29, 1.82) is 0 Å². The van der Waals surface area contributed by atoms with Crippen LogP contribution >= 0.6 is 0 Å². The Morgan fingerprint density at radius 1 is 1.03 bits per heavy atom. The number of carbonyl (C=O) groups is 1. The highest BCUT2D eigenvalue weighted by molar-refractivity contribution is 5.90. The number of rotatable bonds is 5. The zero-order valence-corrected chi connectivity index (χ0v) is 20.7. The molecule has 0 fully saturated rings. The van der Waals surface area contributed by atoms with Gasteiger partial charge in [-0.05, 0) is 81.5 Å². The largest absolute Gasteiger partial charge is 0.465 e. The molecule has 0 bridgehead atoms. The fourth-order valence-corrected chi connectivity index (χ4v) is 5.22. The Labute approximate surface area is 188 Å². The van der Waals surface area contributed by atoms with Gasteiger partial charge in [-0.3, -0.25) is 0 Å². The molecule has 0 saturated heterocycles. The topological polar surface area (TPSA) is 26.3 Å². The lowest BCUT2D eigenvalue weighted by Gasteiger charge is -2.32. The Balaban J connectivity index is 2.10. The maximum Gasteiger partial charge on any atom is 0.337 e. The molecule has 1 aliphatic carbocycles. The van der Waals surface area contributed by atoms with Crippen molar-refractivity contribution in [1.82, 2.24) is 0 Å². The molecular weight excluding hydrogens is 380 g/mol. The first-order valence-corrected chi connectivity index (χ1v) is 11.4. The fraction of sp³-hybridized carbons (Fsp3) is 0.483. The van der Waals surface area contributed by atoms with Crippen LogP contribution in [-0.4, -0.2) is 13.1 Å². The molecule has 2 aromatic carbocycles. The summed E-state index contributed by atoms with van der Waals surface area (Å²) < 4.78 is 4.81. The lowest BCUT2D eigenvalue weighted by Crippen LogP contribution is -2.30. The first-order chi connectivity index (χ1) is 14.4. The van der Waals surface area contributed by atoms with E-state index < -0.39 is 0 Å². The highest BCUT2D eigenvalue weighted by Crippen LogP contribution is 2.54. The standard InChI is InChI=1S/C29H38O2/c1-18(2)14-23-16-25-26(29(7,8)20(4)28(25,5)6)17-24(23)19(3)15-21-10-12-22(13-11-21)27(30)31-9/h10-13,15-18,20H,14H2,1-9H3/b19-15+. The van der Waals surface area contributed by atoms with Crippen LogP contribution < -0.4 is 0 Å². The van der Waals surface area contributed by atoms with Gasteiger partial charge in [0.2, 0.25) is 0 Å². The van der Waals surface area contributed by atoms with Gasteiger partial charge in [0.1, 0.15) is 0 Å². The lowest BCUT2D eigenvalue weighted by molar-refractivity contribution is 0.0600. The van der Waals surface area contributed by atoms with E-state index in [0.717, 1.165) is 12.0 Å². The normalized spacial score (nSPS) is 19.4. The summed E-state index contributed by atoms with van der Waals surface area (Å²) in [5, 5.41) is 0. The van der Waals surface area contributed by atoms with Gasteiger partial charge < -0.3 is 4.74 Å². The maximum atomic E-state index is 11.7. The number of hydrogen-bond donors (Lipinski definition) is 0. The predicted molar refractivity (Wildman–Crippen MR) is 132 cm³/mol. The Morgan fingerprint density at radius 3 is 2.10 bits per heavy atom. The minimum absolute atomic E-state index is 0.145. The minimum atomic E-state index is -0.302. The SMILES string of the molecule is COC(=O)c1ccc(/C=C(\C)c2cc3c(cc2CC(C)C)C(C)(C)C(C)C3(C)C)cc1. The average Bonchev–Trinajstić information content (AvgIpc) is 2.84. The van der Waals surface area contributed by atoms with Gasteiger partial charge in [-0.2, -0.15) is 0 Å². The van der Waals surface area contributed by atoms with Crippen LogP contribution in [0.15, 0.2) is 36.4 Å². The van der Waals surface area contributed by atoms with Gasteiger partial charge in [0.05, 0.1) is 12.7 Å². The third-order valence-corrected chi connectivity index (χ3v) is 7.56. The van der Waals surface area contributed by atoms with Gasteiger partial charge in [0, 0.05) is 0 Å². The minimum Gasteiger partial charge on any atom is -0.465 e. The number of carbonyl (C=O) groups excluding carboxylic acids is 1. The summed E-state index contributed by atoms with van der Waals surface area (Å²) in [6.07, 6.45) is 3.29. The lowest BCUT2D eigenvalue weighted by atomic mass is 9.71. The summed E-state index contributed by atoms with van der Waals surface area (Å²) in [6.45, 7) is 18.8. The summed E-state index contributed by atoms with van der Waals surface area (Å²) in [5.41, 5.74) is 9.03. The molecule has 0 spiro atoms. The molecule has 2 aromatic rings. The van der Waals surface area contributed by atoms with Crippen LogP contribution in [0.1, 0.15) is 93.6 Å². The second-order valence-electron chi connectivity index (χ2n) is 10.8. The van der Waals surface area contributed by atoms with E-state index in [9.17, 15) is 4.79 Å². The van der Waals surface area contributed by atoms with E-state index in [1.165, 1.54) is 34.9 Å². The van der Waals surface area contributed by atoms with E-state index in [0.29, 0.717) is 17.4 Å². The Morgan fingerprint density at radius 2 is 1.58 bits per heavy atom. The smallest absolute Gasteiger partial charge is 0.337 e. The summed E-state index contributed by atoms with van der Waals surface area (Å²) >= 11 is 0. The van der Waals surface area contributed by atoms with Crippen LogP contribution in [0.2, 0.25) is 0 Å². The highest BCUT2D eigenvalue weighted by atomic mass is 16.5. The highest BCUT2D eigenvalue weighted by Gasteiger charge is 2.48. The van der Waals surface area contributed by atoms with E-state index in [1.54, 1.807) is 0 Å². The molecule has 3 rings (SSSR count). The Hall–Kier alpha value is -2.35. The molecule has 0 N–H and O–H groups in total. The molecule has 1 aliphatic rings. The molecule has 2 heteroatoms. The monoisotopic (exact) mass is 418 g/mol. The molecule has 0 heterocycles. The number of benzene rings is 2. The van der Waals surface area contributed by atoms with Crippen molar-refractivity contribution >= 4 is 17.6 Å². The molecule has 0 radical (unpaired) electrons. The van der Waals surface area contributed by atoms with Crippen molar-refractivity contribution in [3.63, 3.8) is 0 Å². The van der Waals surface area contributed by atoms with Crippen LogP contribution in [0.5, 0.6) is 0 Å². The van der Waals surface area contributed by atoms with E-state index in [1.807, 2.05) is 24.3 Å². The second-order valence-corrected chi connectivity index (χ2v) is 10.8. The van der Waals surface area contributed by atoms with E-state index in [2.05, 4.69) is 73.6 Å². The number of allylic oxidation sites excluding steroid dienone is 1. The first kappa shape index (κ1) is 23.3. The third-order valence-electron chi connectivity index (χ3n) is 7.56. The van der Waals surface area contributed by atoms with Crippen molar-refractivity contribution < 1.29 is 9.53 Å². The molecule has 1 atom stereocenters. The van der Waals surface area contributed by atoms with Crippen LogP contribution in [0, 0.1) is 11.8 Å². The molecule has 0 aromatic heterocycles. The van der Waals surface area contributed by atoms with E-state index >= 15 is 0 Å². The van der Waals surface area contributed by atoms with Crippen LogP contribution in [0.25, 0.3) is 11.6 Å². The van der Waals surface area contributed by atoms with E-state index in [4.69, 9.17) is 4.74 Å². The molecule has 0 aliphatic heterocycles. The van der Waals surface area contributed by atoms with Crippen LogP contribution in [-0.2, 0) is 22.0 Å². The zero-order valence-electron chi connectivity index (χ0n) is 20.7. The third kappa shape index (κ3) is 4.22. The maximum absolute atomic E-state index is 11.7. The number of ether oxygens (including phenoxy) is 1. The van der Waals surface area contributed by atoms with Crippen molar-refractivity contribution in [2.75, 3.05) is 7.11 Å². The molecule has 1 unspecified atom stereocenters. The van der Waals surface area contributed by atoms with Gasteiger partial charge >= 0.3 is 5.97 Å². The van der Waals surface area contributed by atoms with Crippen LogP contribution in [0.4, 0.5) is 0 Å². The van der Waals surface area contributed by atoms with Crippen molar-refractivity contribution in [2.45, 2.75) is 72.6 Å². The average molecular weight is 419 g/mol. The summed E-state index contributed by atoms with van der Waals surface area (Å²) in [7, 11) is 1.41. The van der Waals surface area contributed by atoms with Gasteiger partial charge in [0.25, 0.3) is 0 Å². The molecule has 166 valence electrons. The zero-order chi connectivity index (χ0) is 23.1. The summed E-state index contributed by atoms with van der Waals surface area (Å²) in [5.74, 6) is 0.871. The Kier molecular flexibility index (Phi) is 6.24. The molecular formula is C29H38O2. The number of methoxy groups -OCH3 is 1. The van der Waals surface area contributed by atoms with Crippen molar-refractivity contribution in [3.05, 3.63) is 69.8 Å². The molecule has 0 saturated carbocycles. The van der Waals surface area contributed by atoms with Crippen molar-refractivity contribution in [2.24, 2.45) is 11.8 Å². The van der Waals surface area contributed by atoms with E-state index in [-0.39, 0.29) is 16.8 Å². The second kappa shape index (κ2) is 8.30. The van der Waals surface area contributed by atoms with Gasteiger partial charge in [0.15, 0.2) is 0 Å². The summed E-state index contributed by atoms with van der Waals surface area (Å²) in [6, 6.07) is 12.6. The molecule has 2 nitrogen and oxygen atoms in total. The van der Waals surface area contributed by atoms with Crippen molar-refractivity contribution in [3.8, 4) is 0 Å². The predicted octanol–water partition coefficient (Wildman–Crippen LogP) is 7.44. The number of esters is 1. The summed E-state index contributed by atoms with van der Waals surface area (Å²) in [4.78, 5) is 11.7. The Bertz CT molecular complexity index is 1000. The van der Waals surface area contributed by atoms with Gasteiger partial charge in [-0.15, -0.1) is 0 Å². The fourth-order valence-electron chi connectivity index (χ4n) is 5.22. The quantitative estimate of drug-likeness (QED) is 0.372. The van der Waals surface area contributed by atoms with Gasteiger partial charge in [-0.25, -0.2) is 4.79 Å². The van der Waals surface area contributed by atoms with Crippen LogP contribution in [0.3, 0.4) is 0 Å². The number of hydrogen-bond acceptors (Lipinski definition) is 2. The number of fused-ring (bicyclic) bond motifs is 1. The molecule has 31 heavy (non-hydrogen) atoms. The molecule has 0 amide bonds. The first-order valence-electron chi connectivity index (χ1n) is 11.4. The van der Waals surface area contributed by atoms with Gasteiger partial charge in [-0.1, -0.05) is 78.8 Å².